The molecule has 2 aromatic rings. The normalized spacial score (nSPS) is 16.8. The molecule has 2 heterocycles. The summed E-state index contributed by atoms with van der Waals surface area (Å²) >= 11 is 0. The van der Waals surface area contributed by atoms with Crippen LogP contribution in [0.1, 0.15) is 24.0 Å². The zero-order valence-electron chi connectivity index (χ0n) is 11.9. The number of H-pyrrole nitrogens is 1. The number of aromatic amines is 1. The van der Waals surface area contributed by atoms with Crippen LogP contribution in [0.5, 0.6) is 5.75 Å². The average Bonchev–Trinajstić information content (AvgIpc) is 2.81. The number of nitrogens with one attached hydrogen (secondary N) is 1. The van der Waals surface area contributed by atoms with Crippen LogP contribution in [0.4, 0.5) is 0 Å². The van der Waals surface area contributed by atoms with Gasteiger partial charge in [-0.1, -0.05) is 6.07 Å². The third-order valence-corrected chi connectivity index (χ3v) is 3.85. The van der Waals surface area contributed by atoms with Crippen molar-refractivity contribution in [2.45, 2.75) is 32.3 Å². The first-order valence-corrected chi connectivity index (χ1v) is 7.12. The Bertz CT molecular complexity index is 764. The second-order valence-electron chi connectivity index (χ2n) is 5.52. The molecule has 0 amide bonds. The van der Waals surface area contributed by atoms with E-state index in [4.69, 9.17) is 10.5 Å². The number of aromatic nitrogens is 1. The highest BCUT2D eigenvalue weighted by molar-refractivity contribution is 5.89. The summed E-state index contributed by atoms with van der Waals surface area (Å²) in [5, 5.41) is 0.901. The molecule has 0 radical (unpaired) electrons. The van der Waals surface area contributed by atoms with Gasteiger partial charge in [0.25, 0.3) is 0 Å². The Morgan fingerprint density at radius 3 is 3.05 bits per heavy atom. The molecule has 5 nitrogen and oxygen atoms in total. The summed E-state index contributed by atoms with van der Waals surface area (Å²) in [6.07, 6.45) is 1.37. The van der Waals surface area contributed by atoms with Crippen molar-refractivity contribution in [1.29, 1.82) is 0 Å². The third kappa shape index (κ3) is 2.56. The first kappa shape index (κ1) is 13.8. The number of carbonyl (C=O) groups excluding carboxylic acids is 1. The quantitative estimate of drug-likeness (QED) is 0.890. The largest absolute Gasteiger partial charge is 0.489 e. The highest BCUT2D eigenvalue weighted by Gasteiger charge is 2.27. The molecule has 1 aromatic heterocycles. The van der Waals surface area contributed by atoms with Crippen LogP contribution >= 0.6 is 0 Å². The van der Waals surface area contributed by atoms with E-state index in [2.05, 4.69) is 4.98 Å². The fourth-order valence-corrected chi connectivity index (χ4v) is 2.92. The number of hydrogen-bond acceptors (Lipinski definition) is 4. The first-order chi connectivity index (χ1) is 10.1. The Morgan fingerprint density at radius 2 is 2.29 bits per heavy atom. The van der Waals surface area contributed by atoms with Gasteiger partial charge in [-0.25, -0.2) is 0 Å². The number of aryl methyl sites for hydroxylation is 1. The average molecular weight is 286 g/mol. The van der Waals surface area contributed by atoms with E-state index in [1.54, 1.807) is 6.07 Å². The predicted molar refractivity (Wildman–Crippen MR) is 80.7 cm³/mol. The Hall–Kier alpha value is -2.14. The summed E-state index contributed by atoms with van der Waals surface area (Å²) in [6.45, 7) is 2.34. The van der Waals surface area contributed by atoms with Gasteiger partial charge in [-0.3, -0.25) is 9.59 Å². The minimum atomic E-state index is -0.129. The van der Waals surface area contributed by atoms with E-state index in [0.717, 1.165) is 34.2 Å². The van der Waals surface area contributed by atoms with Crippen LogP contribution in [-0.4, -0.2) is 23.4 Å². The molecule has 0 saturated carbocycles. The van der Waals surface area contributed by atoms with Gasteiger partial charge >= 0.3 is 0 Å². The van der Waals surface area contributed by atoms with E-state index in [1.165, 1.54) is 6.07 Å². The van der Waals surface area contributed by atoms with Gasteiger partial charge in [0.1, 0.15) is 17.6 Å². The maximum Gasteiger partial charge on any atom is 0.248 e. The molecule has 3 N–H and O–H groups in total. The van der Waals surface area contributed by atoms with Crippen LogP contribution < -0.4 is 16.0 Å². The van der Waals surface area contributed by atoms with Crippen LogP contribution in [0.25, 0.3) is 10.9 Å². The van der Waals surface area contributed by atoms with Crippen molar-refractivity contribution in [3.05, 3.63) is 39.7 Å². The molecule has 110 valence electrons. The first-order valence-electron chi connectivity index (χ1n) is 7.12. The zero-order chi connectivity index (χ0) is 15.0. The number of pyridine rings is 1. The highest BCUT2D eigenvalue weighted by atomic mass is 16.5. The number of hydrogen-bond donors (Lipinski definition) is 2. The van der Waals surface area contributed by atoms with Gasteiger partial charge in [0.05, 0.1) is 5.52 Å². The molecular weight excluding hydrogens is 268 g/mol. The summed E-state index contributed by atoms with van der Waals surface area (Å²) < 4.78 is 5.95. The molecule has 0 bridgehead atoms. The molecule has 1 aromatic carbocycles. The SMILES string of the molecule is Cc1cc2c(c3ccc(=O)[nH]c13)OC(CC(=O)CCN)C2. The second kappa shape index (κ2) is 5.33. The van der Waals surface area contributed by atoms with Crippen LogP contribution in [0.3, 0.4) is 0 Å². The van der Waals surface area contributed by atoms with E-state index < -0.39 is 0 Å². The fraction of sp³-hybridized carbons (Fsp3) is 0.375. The number of ketones is 1. The Balaban J connectivity index is 1.94. The number of nitrogens with two attached hydrogens (primary N) is 1. The van der Waals surface area contributed by atoms with Crippen LogP contribution in [0, 0.1) is 6.92 Å². The topological polar surface area (TPSA) is 85.2 Å². The molecule has 5 heteroatoms. The summed E-state index contributed by atoms with van der Waals surface area (Å²) in [5.74, 6) is 0.919. The predicted octanol–water partition coefficient (Wildman–Crippen LogP) is 1.45. The van der Waals surface area contributed by atoms with Gasteiger partial charge in [-0.2, -0.15) is 0 Å². The fourth-order valence-electron chi connectivity index (χ4n) is 2.92. The van der Waals surface area contributed by atoms with Gasteiger partial charge in [0.2, 0.25) is 5.56 Å². The minimum Gasteiger partial charge on any atom is -0.489 e. The monoisotopic (exact) mass is 286 g/mol. The van der Waals surface area contributed by atoms with Gasteiger partial charge in [-0.15, -0.1) is 0 Å². The van der Waals surface area contributed by atoms with Crippen molar-refractivity contribution < 1.29 is 9.53 Å². The van der Waals surface area contributed by atoms with Gasteiger partial charge in [0.15, 0.2) is 0 Å². The maximum absolute atomic E-state index is 11.7. The molecule has 1 aliphatic heterocycles. The van der Waals surface area contributed by atoms with Crippen molar-refractivity contribution in [2.24, 2.45) is 5.73 Å². The Labute approximate surface area is 122 Å². The second-order valence-corrected chi connectivity index (χ2v) is 5.52. The van der Waals surface area contributed by atoms with E-state index >= 15 is 0 Å². The van der Waals surface area contributed by atoms with Crippen molar-refractivity contribution in [3.8, 4) is 5.75 Å². The maximum atomic E-state index is 11.7. The van der Waals surface area contributed by atoms with Crippen LogP contribution in [0.2, 0.25) is 0 Å². The number of benzene rings is 1. The summed E-state index contributed by atoms with van der Waals surface area (Å²) in [5.41, 5.74) is 8.18. The summed E-state index contributed by atoms with van der Waals surface area (Å²) in [4.78, 5) is 26.0. The van der Waals surface area contributed by atoms with E-state index in [1.807, 2.05) is 13.0 Å². The van der Waals surface area contributed by atoms with Gasteiger partial charge in [-0.05, 0) is 30.7 Å². The van der Waals surface area contributed by atoms with E-state index in [-0.39, 0.29) is 17.4 Å². The Kier molecular flexibility index (Phi) is 3.51. The van der Waals surface area contributed by atoms with E-state index in [9.17, 15) is 9.59 Å². The number of Topliss-reactive ketones (excluding diaryl/α,β-unsaturated/α-hetero) is 1. The summed E-state index contributed by atoms with van der Waals surface area (Å²) in [6, 6.07) is 5.31. The summed E-state index contributed by atoms with van der Waals surface area (Å²) in [7, 11) is 0. The molecule has 1 unspecified atom stereocenters. The number of ether oxygens (including phenoxy) is 1. The number of carbonyl (C=O) groups is 1. The lowest BCUT2D eigenvalue weighted by Gasteiger charge is -2.11. The molecule has 3 rings (SSSR count). The molecule has 1 atom stereocenters. The lowest BCUT2D eigenvalue weighted by molar-refractivity contribution is -0.120. The van der Waals surface area contributed by atoms with Crippen molar-refractivity contribution in [3.63, 3.8) is 0 Å². The standard InChI is InChI=1S/C16H18N2O3/c1-9-6-10-7-12(8-11(19)4-5-17)21-16(10)13-2-3-14(20)18-15(9)13/h2-3,6,12H,4-5,7-8,17H2,1H3,(H,18,20). The lowest BCUT2D eigenvalue weighted by Crippen LogP contribution is -2.20. The van der Waals surface area contributed by atoms with Crippen molar-refractivity contribution in [2.75, 3.05) is 6.54 Å². The Morgan fingerprint density at radius 1 is 1.48 bits per heavy atom. The van der Waals surface area contributed by atoms with Gasteiger partial charge in [0, 0.05) is 30.7 Å². The number of rotatable bonds is 4. The third-order valence-electron chi connectivity index (χ3n) is 3.85. The van der Waals surface area contributed by atoms with Crippen LogP contribution in [-0.2, 0) is 11.2 Å². The van der Waals surface area contributed by atoms with Gasteiger partial charge < -0.3 is 15.5 Å². The smallest absolute Gasteiger partial charge is 0.248 e. The molecule has 21 heavy (non-hydrogen) atoms. The molecule has 0 aliphatic carbocycles. The minimum absolute atomic E-state index is 0.127. The zero-order valence-corrected chi connectivity index (χ0v) is 11.9. The highest BCUT2D eigenvalue weighted by Crippen LogP contribution is 2.37. The van der Waals surface area contributed by atoms with Crippen molar-refractivity contribution >= 4 is 16.7 Å². The van der Waals surface area contributed by atoms with E-state index in [0.29, 0.717) is 19.4 Å². The molecule has 1 aliphatic rings. The molecular formula is C16H18N2O3. The van der Waals surface area contributed by atoms with Crippen LogP contribution in [0.15, 0.2) is 23.0 Å². The number of fused-ring (bicyclic) bond motifs is 3. The van der Waals surface area contributed by atoms with Crippen molar-refractivity contribution in [1.82, 2.24) is 4.98 Å². The molecule has 0 spiro atoms. The lowest BCUT2D eigenvalue weighted by atomic mass is 10.0. The molecule has 0 saturated heterocycles. The molecule has 0 fully saturated rings.